The molecule has 0 atom stereocenters. The van der Waals surface area contributed by atoms with E-state index in [-0.39, 0.29) is 20.1 Å². The zero-order valence-corrected chi connectivity index (χ0v) is 18.7. The average molecular weight is 462 g/mol. The minimum atomic E-state index is -0.242. The van der Waals surface area contributed by atoms with Crippen LogP contribution in [0.1, 0.15) is 34.1 Å². The van der Waals surface area contributed by atoms with E-state index in [1.54, 1.807) is 0 Å². The van der Waals surface area contributed by atoms with Gasteiger partial charge in [-0.2, -0.15) is 0 Å². The number of hydrogen-bond acceptors (Lipinski definition) is 3. The van der Waals surface area contributed by atoms with Gasteiger partial charge >= 0.3 is 181 Å². The molecule has 0 aliphatic carbocycles. The van der Waals surface area contributed by atoms with Gasteiger partial charge in [-0.15, -0.1) is 0 Å². The second-order valence-electron chi connectivity index (χ2n) is 8.26. The molecule has 0 saturated carbocycles. The fourth-order valence-electron chi connectivity index (χ4n) is 5.01. The van der Waals surface area contributed by atoms with E-state index in [1.165, 1.54) is 37.6 Å². The number of benzene rings is 2. The van der Waals surface area contributed by atoms with E-state index in [0.29, 0.717) is 5.56 Å². The molecule has 0 amide bonds. The summed E-state index contributed by atoms with van der Waals surface area (Å²) < 4.78 is 10.8. The first-order valence-electron chi connectivity index (χ1n) is 10.6. The van der Waals surface area contributed by atoms with Crippen molar-refractivity contribution in [1.82, 2.24) is 0 Å². The number of nitrogens with zero attached hydrogens (tertiary/aromatic N) is 2. The summed E-state index contributed by atoms with van der Waals surface area (Å²) in [5.41, 5.74) is 6.44. The third-order valence-electron chi connectivity index (χ3n) is 6.42. The van der Waals surface area contributed by atoms with Gasteiger partial charge in [0.2, 0.25) is 0 Å². The molecule has 0 bridgehead atoms. The van der Waals surface area contributed by atoms with Crippen LogP contribution in [-0.2, 0) is 19.9 Å². The predicted molar refractivity (Wildman–Crippen MR) is 122 cm³/mol. The number of aromatic nitrogens is 1. The predicted octanol–water partition coefficient (Wildman–Crippen LogP) is 3.70. The summed E-state index contributed by atoms with van der Waals surface area (Å²) in [6.07, 6.45) is 8.46. The quantitative estimate of drug-likeness (QED) is 0.259. The molecule has 0 saturated heterocycles. The van der Waals surface area contributed by atoms with E-state index in [0.717, 1.165) is 43.3 Å². The monoisotopic (exact) mass is 463 g/mol. The van der Waals surface area contributed by atoms with E-state index in [9.17, 15) is 4.79 Å². The van der Waals surface area contributed by atoms with Crippen molar-refractivity contribution in [3.63, 3.8) is 0 Å². The van der Waals surface area contributed by atoms with Crippen LogP contribution in [0, 0.1) is 0 Å². The number of anilines is 1. The number of fused-ring (bicyclic) bond motifs is 3. The first kappa shape index (κ1) is 18.2. The Morgan fingerprint density at radius 1 is 1.10 bits per heavy atom. The molecule has 0 unspecified atom stereocenters. The van der Waals surface area contributed by atoms with Gasteiger partial charge in [-0.05, 0) is 0 Å². The summed E-state index contributed by atoms with van der Waals surface area (Å²) in [7, 11) is 2.10. The number of para-hydroxylation sites is 1. The van der Waals surface area contributed by atoms with Crippen molar-refractivity contribution in [2.75, 3.05) is 18.0 Å². The minimum absolute atomic E-state index is 0.242. The van der Waals surface area contributed by atoms with Crippen LogP contribution in [0.15, 0.2) is 45.6 Å². The van der Waals surface area contributed by atoms with E-state index in [2.05, 4.69) is 52.9 Å². The van der Waals surface area contributed by atoms with Crippen molar-refractivity contribution in [2.24, 2.45) is 7.05 Å². The first-order valence-corrected chi connectivity index (χ1v) is 12.3. The van der Waals surface area contributed by atoms with E-state index in [4.69, 9.17) is 4.42 Å². The van der Waals surface area contributed by atoms with E-state index < -0.39 is 0 Å². The Labute approximate surface area is 180 Å². The Balaban J connectivity index is 1.47. The first-order chi connectivity index (χ1) is 14.7. The van der Waals surface area contributed by atoms with Gasteiger partial charge < -0.3 is 0 Å². The zero-order chi connectivity index (χ0) is 20.2. The Kier molecular flexibility index (Phi) is 4.22. The fourth-order valence-corrected chi connectivity index (χ4v) is 7.21. The van der Waals surface area contributed by atoms with Gasteiger partial charge in [-0.25, -0.2) is 0 Å². The van der Waals surface area contributed by atoms with Crippen LogP contribution in [0.4, 0.5) is 5.69 Å². The third kappa shape index (κ3) is 2.80. The van der Waals surface area contributed by atoms with Crippen LogP contribution in [-0.4, -0.2) is 27.6 Å². The van der Waals surface area contributed by atoms with E-state index >= 15 is 0 Å². The number of rotatable bonds is 2. The van der Waals surface area contributed by atoms with Crippen LogP contribution in [0.5, 0.6) is 0 Å². The molecule has 2 aliphatic rings. The third-order valence-corrected chi connectivity index (χ3v) is 8.90. The molecule has 0 radical (unpaired) electrons. The molecule has 5 heteroatoms. The topological polar surface area (TPSA) is 37.3 Å². The van der Waals surface area contributed by atoms with Gasteiger partial charge in [0.1, 0.15) is 0 Å². The number of aryl methyl sites for hydroxylation is 3. The van der Waals surface area contributed by atoms with Crippen LogP contribution in [0.2, 0.25) is 0 Å². The summed E-state index contributed by atoms with van der Waals surface area (Å²) in [4.78, 5) is 15.3. The summed E-state index contributed by atoms with van der Waals surface area (Å²) in [5, 5.41) is 1.06. The molecule has 0 spiro atoms. The van der Waals surface area contributed by atoms with Crippen molar-refractivity contribution in [3.8, 4) is 0 Å². The van der Waals surface area contributed by atoms with Gasteiger partial charge in [0.25, 0.3) is 0 Å². The average Bonchev–Trinajstić information content (AvgIpc) is 3.09. The van der Waals surface area contributed by atoms with Crippen LogP contribution >= 0.6 is 0 Å². The van der Waals surface area contributed by atoms with Gasteiger partial charge in [0.15, 0.2) is 0 Å². The normalized spacial score (nSPS) is 16.0. The van der Waals surface area contributed by atoms with Crippen molar-refractivity contribution < 1.29 is 8.98 Å². The van der Waals surface area contributed by atoms with Gasteiger partial charge in [-0.1, -0.05) is 0 Å². The zero-order valence-electron chi connectivity index (χ0n) is 17.0. The van der Waals surface area contributed by atoms with Crippen molar-refractivity contribution in [1.29, 1.82) is 0 Å². The number of hydrogen-bond donors (Lipinski definition) is 0. The maximum atomic E-state index is 12.8. The Morgan fingerprint density at radius 2 is 1.93 bits per heavy atom. The molecule has 2 aromatic carbocycles. The van der Waals surface area contributed by atoms with Crippen LogP contribution in [0.3, 0.4) is 0 Å². The SMILES string of the molecule is C[n+]1c(/C=C/c2cc3cc4c5c(c3oc2=O)CCCN5CCC4)[se]c2ccccc21. The second-order valence-corrected chi connectivity index (χ2v) is 10.5. The summed E-state index contributed by atoms with van der Waals surface area (Å²) in [6, 6.07) is 12.8. The van der Waals surface area contributed by atoms with E-state index in [1.807, 2.05) is 12.1 Å². The van der Waals surface area contributed by atoms with Crippen molar-refractivity contribution in [2.45, 2.75) is 25.7 Å². The van der Waals surface area contributed by atoms with Crippen molar-refractivity contribution in [3.05, 3.63) is 68.1 Å². The van der Waals surface area contributed by atoms with Gasteiger partial charge in [-0.3, -0.25) is 0 Å². The molecule has 4 nitrogen and oxygen atoms in total. The molecule has 30 heavy (non-hydrogen) atoms. The molecule has 4 aromatic rings. The Morgan fingerprint density at radius 3 is 2.80 bits per heavy atom. The molecule has 4 heterocycles. The standard InChI is InChI=1S/C25H23N2O2Se/c1-26-20-8-2-3-9-21(20)30-22(26)11-10-17-15-18-14-16-6-4-12-27-13-5-7-19(23(16)27)24(18)29-25(17)28/h2-3,8-11,14-15H,4-7,12-13H2,1H3/q+1. The maximum absolute atomic E-state index is 12.8. The van der Waals surface area contributed by atoms with Crippen LogP contribution < -0.4 is 15.1 Å². The molecular weight excluding hydrogens is 439 g/mol. The molecule has 2 aliphatic heterocycles. The summed E-state index contributed by atoms with van der Waals surface area (Å²) in [5.74, 6) is 0. The van der Waals surface area contributed by atoms with Crippen molar-refractivity contribution >= 4 is 53.1 Å². The summed E-state index contributed by atoms with van der Waals surface area (Å²) in [6.45, 7) is 2.24. The molecule has 0 fully saturated rings. The van der Waals surface area contributed by atoms with Gasteiger partial charge in [0.05, 0.1) is 0 Å². The van der Waals surface area contributed by atoms with Gasteiger partial charge in [0, 0.05) is 0 Å². The molecule has 6 rings (SSSR count). The molecule has 150 valence electrons. The molecule has 0 N–H and O–H groups in total. The molecule has 2 aromatic heterocycles. The fraction of sp³-hybridized carbons (Fsp3) is 0.280. The second kappa shape index (κ2) is 6.97. The summed E-state index contributed by atoms with van der Waals surface area (Å²) >= 11 is 0.256. The van der Waals surface area contributed by atoms with Crippen LogP contribution in [0.25, 0.3) is 32.9 Å². The molecular formula is C25H23N2O2Se+. The Hall–Kier alpha value is -2.62. The Bertz CT molecular complexity index is 1390.